The van der Waals surface area contributed by atoms with Crippen molar-refractivity contribution in [1.82, 2.24) is 10.2 Å². The van der Waals surface area contributed by atoms with E-state index in [1.165, 1.54) is 6.92 Å². The van der Waals surface area contributed by atoms with E-state index < -0.39 is 0 Å². The predicted octanol–water partition coefficient (Wildman–Crippen LogP) is 0.802. The molecule has 19 heavy (non-hydrogen) atoms. The molecule has 1 aromatic rings. The molecule has 2 rings (SSSR count). The summed E-state index contributed by atoms with van der Waals surface area (Å²) in [6.45, 7) is 2.72. The molecule has 0 spiro atoms. The van der Waals surface area contributed by atoms with Crippen molar-refractivity contribution < 1.29 is 14.3 Å². The molecule has 1 saturated heterocycles. The minimum atomic E-state index is -0.190. The molecule has 1 atom stereocenters. The van der Waals surface area contributed by atoms with Crippen LogP contribution in [0.3, 0.4) is 0 Å². The number of hydrogen-bond donors (Lipinski definition) is 1. The number of ether oxygens (including phenoxy) is 1. The van der Waals surface area contributed by atoms with Crippen molar-refractivity contribution in [3.8, 4) is 5.75 Å². The monoisotopic (exact) mass is 262 g/mol. The number of rotatable bonds is 4. The van der Waals surface area contributed by atoms with Crippen LogP contribution >= 0.6 is 0 Å². The molecule has 1 fully saturated rings. The molecule has 5 heteroatoms. The quantitative estimate of drug-likeness (QED) is 0.873. The molecule has 1 N–H and O–H groups in total. The number of hydrogen-bond acceptors (Lipinski definition) is 3. The smallest absolute Gasteiger partial charge is 0.242 e. The minimum Gasteiger partial charge on any atom is -0.489 e. The summed E-state index contributed by atoms with van der Waals surface area (Å²) < 4.78 is 5.80. The molecule has 5 nitrogen and oxygen atoms in total. The van der Waals surface area contributed by atoms with Crippen LogP contribution in [0.4, 0.5) is 0 Å². The Morgan fingerprint density at radius 3 is 2.79 bits per heavy atom. The van der Waals surface area contributed by atoms with E-state index in [1.54, 1.807) is 4.90 Å². The maximum atomic E-state index is 11.8. The van der Waals surface area contributed by atoms with Gasteiger partial charge in [0.15, 0.2) is 0 Å². The predicted molar refractivity (Wildman–Crippen MR) is 70.7 cm³/mol. The molecule has 1 aromatic carbocycles. The van der Waals surface area contributed by atoms with Gasteiger partial charge in [-0.2, -0.15) is 0 Å². The molecule has 102 valence electrons. The molecule has 1 aliphatic heterocycles. The van der Waals surface area contributed by atoms with E-state index >= 15 is 0 Å². The van der Waals surface area contributed by atoms with E-state index in [9.17, 15) is 9.59 Å². The number of amides is 2. The van der Waals surface area contributed by atoms with E-state index in [1.807, 2.05) is 30.3 Å². The Balaban J connectivity index is 1.80. The molecule has 0 unspecified atom stereocenters. The number of carbonyl (C=O) groups is 2. The number of carbonyl (C=O) groups excluding carboxylic acids is 2. The Bertz CT molecular complexity index is 447. The maximum Gasteiger partial charge on any atom is 0.242 e. The van der Waals surface area contributed by atoms with E-state index in [2.05, 4.69) is 5.32 Å². The first-order chi connectivity index (χ1) is 9.15. The third-order valence-electron chi connectivity index (χ3n) is 3.03. The lowest BCUT2D eigenvalue weighted by molar-refractivity contribution is -0.131. The molecular weight excluding hydrogens is 244 g/mol. The van der Waals surface area contributed by atoms with Crippen molar-refractivity contribution in [2.24, 2.45) is 0 Å². The lowest BCUT2D eigenvalue weighted by Crippen LogP contribution is -2.39. The molecular formula is C14H18N2O3. The summed E-state index contributed by atoms with van der Waals surface area (Å²) >= 11 is 0. The topological polar surface area (TPSA) is 58.6 Å². The standard InChI is InChI=1S/C14H18N2O3/c1-11(17)15-9-14(18)16-8-7-13(10-16)19-12-5-3-2-4-6-12/h2-6,13H,7-10H2,1H3,(H,15,17)/t13-/m1/s1. The average molecular weight is 262 g/mol. The Morgan fingerprint density at radius 2 is 2.11 bits per heavy atom. The molecule has 0 radical (unpaired) electrons. The van der Waals surface area contributed by atoms with Crippen LogP contribution in [0.1, 0.15) is 13.3 Å². The zero-order chi connectivity index (χ0) is 13.7. The second kappa shape index (κ2) is 6.22. The van der Waals surface area contributed by atoms with E-state index in [-0.39, 0.29) is 24.5 Å². The third-order valence-corrected chi connectivity index (χ3v) is 3.03. The zero-order valence-corrected chi connectivity index (χ0v) is 11.0. The van der Waals surface area contributed by atoms with Gasteiger partial charge in [0.25, 0.3) is 0 Å². The SMILES string of the molecule is CC(=O)NCC(=O)N1CC[C@@H](Oc2ccccc2)C1. The van der Waals surface area contributed by atoms with Crippen LogP contribution < -0.4 is 10.1 Å². The van der Waals surface area contributed by atoms with Gasteiger partial charge >= 0.3 is 0 Å². The first kappa shape index (κ1) is 13.4. The molecule has 1 heterocycles. The fourth-order valence-corrected chi connectivity index (χ4v) is 2.05. The Labute approximate surface area is 112 Å². The van der Waals surface area contributed by atoms with Gasteiger partial charge < -0.3 is 15.0 Å². The first-order valence-corrected chi connectivity index (χ1v) is 6.39. The highest BCUT2D eigenvalue weighted by molar-refractivity contribution is 5.83. The second-order valence-corrected chi connectivity index (χ2v) is 4.59. The van der Waals surface area contributed by atoms with Crippen LogP contribution in [-0.4, -0.2) is 42.5 Å². The number of para-hydroxylation sites is 1. The van der Waals surface area contributed by atoms with Gasteiger partial charge in [-0.3, -0.25) is 9.59 Å². The van der Waals surface area contributed by atoms with Crippen LogP contribution in [0.2, 0.25) is 0 Å². The van der Waals surface area contributed by atoms with E-state index in [4.69, 9.17) is 4.74 Å². The highest BCUT2D eigenvalue weighted by Gasteiger charge is 2.27. The van der Waals surface area contributed by atoms with Crippen molar-refractivity contribution in [1.29, 1.82) is 0 Å². The Hall–Kier alpha value is -2.04. The molecule has 0 saturated carbocycles. The highest BCUT2D eigenvalue weighted by Crippen LogP contribution is 2.17. The van der Waals surface area contributed by atoms with Crippen LogP contribution in [0.15, 0.2) is 30.3 Å². The van der Waals surface area contributed by atoms with Gasteiger partial charge in [-0.05, 0) is 12.1 Å². The van der Waals surface area contributed by atoms with E-state index in [0.29, 0.717) is 13.1 Å². The third kappa shape index (κ3) is 3.98. The summed E-state index contributed by atoms with van der Waals surface area (Å²) in [5, 5.41) is 2.52. The summed E-state index contributed by atoms with van der Waals surface area (Å²) in [4.78, 5) is 24.3. The molecule has 0 bridgehead atoms. The number of benzene rings is 1. The number of nitrogens with zero attached hydrogens (tertiary/aromatic N) is 1. The van der Waals surface area contributed by atoms with Gasteiger partial charge in [0.2, 0.25) is 11.8 Å². The van der Waals surface area contributed by atoms with Gasteiger partial charge in [0, 0.05) is 19.9 Å². The fourth-order valence-electron chi connectivity index (χ4n) is 2.05. The summed E-state index contributed by atoms with van der Waals surface area (Å²) in [7, 11) is 0. The molecule has 0 aromatic heterocycles. The Morgan fingerprint density at radius 1 is 1.37 bits per heavy atom. The second-order valence-electron chi connectivity index (χ2n) is 4.59. The molecule has 0 aliphatic carbocycles. The van der Waals surface area contributed by atoms with Crippen LogP contribution in [0.25, 0.3) is 0 Å². The fraction of sp³-hybridized carbons (Fsp3) is 0.429. The minimum absolute atomic E-state index is 0.0312. The summed E-state index contributed by atoms with van der Waals surface area (Å²) in [5.41, 5.74) is 0. The molecule has 1 aliphatic rings. The van der Waals surface area contributed by atoms with Crippen molar-refractivity contribution in [2.45, 2.75) is 19.4 Å². The van der Waals surface area contributed by atoms with Gasteiger partial charge in [-0.25, -0.2) is 0 Å². The Kier molecular flexibility index (Phi) is 4.39. The summed E-state index contributed by atoms with van der Waals surface area (Å²) in [5.74, 6) is 0.572. The largest absolute Gasteiger partial charge is 0.489 e. The average Bonchev–Trinajstić information content (AvgIpc) is 2.85. The first-order valence-electron chi connectivity index (χ1n) is 6.39. The van der Waals surface area contributed by atoms with Crippen molar-refractivity contribution in [2.75, 3.05) is 19.6 Å². The van der Waals surface area contributed by atoms with Gasteiger partial charge in [0.1, 0.15) is 11.9 Å². The van der Waals surface area contributed by atoms with Gasteiger partial charge in [0.05, 0.1) is 13.1 Å². The zero-order valence-electron chi connectivity index (χ0n) is 11.0. The van der Waals surface area contributed by atoms with Crippen LogP contribution in [0, 0.1) is 0 Å². The van der Waals surface area contributed by atoms with Crippen molar-refractivity contribution in [3.63, 3.8) is 0 Å². The summed E-state index contributed by atoms with van der Waals surface area (Å²) in [6.07, 6.45) is 0.851. The van der Waals surface area contributed by atoms with Crippen LogP contribution in [-0.2, 0) is 9.59 Å². The lowest BCUT2D eigenvalue weighted by Gasteiger charge is -2.17. The van der Waals surface area contributed by atoms with E-state index in [0.717, 1.165) is 12.2 Å². The van der Waals surface area contributed by atoms with Crippen LogP contribution in [0.5, 0.6) is 5.75 Å². The van der Waals surface area contributed by atoms with Crippen molar-refractivity contribution in [3.05, 3.63) is 30.3 Å². The molecule has 2 amide bonds. The normalized spacial score (nSPS) is 18.2. The van der Waals surface area contributed by atoms with Crippen molar-refractivity contribution >= 4 is 11.8 Å². The lowest BCUT2D eigenvalue weighted by atomic mass is 10.3. The summed E-state index contributed by atoms with van der Waals surface area (Å²) in [6, 6.07) is 9.59. The number of nitrogens with one attached hydrogen (secondary N) is 1. The van der Waals surface area contributed by atoms with Gasteiger partial charge in [-0.1, -0.05) is 18.2 Å². The maximum absolute atomic E-state index is 11.8. The van der Waals surface area contributed by atoms with Gasteiger partial charge in [-0.15, -0.1) is 0 Å². The number of likely N-dealkylation sites (tertiary alicyclic amines) is 1. The highest BCUT2D eigenvalue weighted by atomic mass is 16.5.